The average Bonchev–Trinajstić information content (AvgIpc) is 3.06. The molecule has 0 bridgehead atoms. The Kier molecular flexibility index (Phi) is 8.67. The van der Waals surface area contributed by atoms with Crippen molar-refractivity contribution in [1.29, 1.82) is 0 Å². The molecule has 2 aliphatic rings. The summed E-state index contributed by atoms with van der Waals surface area (Å²) >= 11 is 0. The summed E-state index contributed by atoms with van der Waals surface area (Å²) in [7, 11) is 4.13. The summed E-state index contributed by atoms with van der Waals surface area (Å²) in [4.78, 5) is 18.5. The lowest BCUT2D eigenvalue weighted by atomic mass is 9.86. The van der Waals surface area contributed by atoms with Gasteiger partial charge in [0.05, 0.1) is 11.0 Å². The van der Waals surface area contributed by atoms with Crippen LogP contribution in [0.2, 0.25) is 0 Å². The lowest BCUT2D eigenvalue weighted by molar-refractivity contribution is 0.0980. The summed E-state index contributed by atoms with van der Waals surface area (Å²) in [6.07, 6.45) is 11.8. The van der Waals surface area contributed by atoms with Crippen LogP contribution in [0.25, 0.3) is 11.0 Å². The van der Waals surface area contributed by atoms with Crippen LogP contribution in [0.3, 0.4) is 0 Å². The highest BCUT2D eigenvalue weighted by Crippen LogP contribution is 2.33. The Hall–Kier alpha value is -1.63. The number of imidazole rings is 1. The van der Waals surface area contributed by atoms with Crippen LogP contribution in [0.1, 0.15) is 63.8 Å². The summed E-state index contributed by atoms with van der Waals surface area (Å²) in [5.41, 5.74) is 8.39. The minimum Gasteiger partial charge on any atom is -0.330 e. The monoisotopic (exact) mass is 455 g/mol. The number of piperidine rings is 1. The average molecular weight is 456 g/mol. The van der Waals surface area contributed by atoms with Crippen molar-refractivity contribution in [3.63, 3.8) is 0 Å². The van der Waals surface area contributed by atoms with Gasteiger partial charge in [-0.15, -0.1) is 0 Å². The molecule has 184 valence electrons. The molecule has 2 fully saturated rings. The molecule has 0 amide bonds. The first-order chi connectivity index (χ1) is 16.1. The van der Waals surface area contributed by atoms with Crippen LogP contribution >= 0.6 is 0 Å². The molecule has 2 N–H and O–H groups in total. The van der Waals surface area contributed by atoms with Crippen molar-refractivity contribution in [2.45, 2.75) is 70.4 Å². The van der Waals surface area contributed by atoms with Crippen LogP contribution < -0.4 is 11.4 Å². The minimum absolute atomic E-state index is 0.151. The second-order valence-corrected chi connectivity index (χ2v) is 10.8. The molecule has 1 saturated carbocycles. The van der Waals surface area contributed by atoms with Gasteiger partial charge in [-0.05, 0) is 70.3 Å². The van der Waals surface area contributed by atoms with Crippen LogP contribution in [-0.4, -0.2) is 65.8 Å². The molecule has 1 aromatic heterocycles. The highest BCUT2D eigenvalue weighted by molar-refractivity contribution is 5.76. The fourth-order valence-electron chi connectivity index (χ4n) is 6.26. The number of likely N-dealkylation sites (tertiary alicyclic amines) is 1. The summed E-state index contributed by atoms with van der Waals surface area (Å²) in [5, 5.41) is 0. The van der Waals surface area contributed by atoms with E-state index in [2.05, 4.69) is 46.7 Å². The highest BCUT2D eigenvalue weighted by Gasteiger charge is 2.33. The van der Waals surface area contributed by atoms with E-state index in [0.717, 1.165) is 56.0 Å². The Balaban J connectivity index is 1.55. The number of para-hydroxylation sites is 2. The first kappa shape index (κ1) is 24.5. The Morgan fingerprint density at radius 1 is 1.00 bits per heavy atom. The van der Waals surface area contributed by atoms with Crippen LogP contribution in [0.15, 0.2) is 29.1 Å². The maximum Gasteiger partial charge on any atom is 0.329 e. The zero-order valence-corrected chi connectivity index (χ0v) is 20.9. The number of rotatable bonds is 8. The lowest BCUT2D eigenvalue weighted by Crippen LogP contribution is -2.46. The molecule has 1 aliphatic heterocycles. The van der Waals surface area contributed by atoms with E-state index in [1.54, 1.807) is 0 Å². The molecule has 1 aromatic carbocycles. The van der Waals surface area contributed by atoms with E-state index in [4.69, 9.17) is 5.73 Å². The quantitative estimate of drug-likeness (QED) is 0.655. The van der Waals surface area contributed by atoms with Gasteiger partial charge in [-0.25, -0.2) is 4.79 Å². The number of nitrogens with two attached hydrogens (primary N) is 1. The lowest BCUT2D eigenvalue weighted by Gasteiger charge is -2.40. The van der Waals surface area contributed by atoms with E-state index in [9.17, 15) is 4.79 Å². The van der Waals surface area contributed by atoms with Crippen molar-refractivity contribution >= 4 is 11.0 Å². The molecule has 0 spiro atoms. The topological polar surface area (TPSA) is 59.4 Å². The van der Waals surface area contributed by atoms with Crippen molar-refractivity contribution in [3.05, 3.63) is 34.7 Å². The molecule has 6 nitrogen and oxygen atoms in total. The van der Waals surface area contributed by atoms with Gasteiger partial charge in [0.2, 0.25) is 0 Å². The van der Waals surface area contributed by atoms with Gasteiger partial charge in [0.1, 0.15) is 0 Å². The Labute approximate surface area is 199 Å². The predicted octanol–water partition coefficient (Wildman–Crippen LogP) is 3.94. The van der Waals surface area contributed by atoms with E-state index >= 15 is 0 Å². The molecular weight excluding hydrogens is 410 g/mol. The van der Waals surface area contributed by atoms with Crippen molar-refractivity contribution in [2.24, 2.45) is 17.6 Å². The number of likely N-dealkylation sites (N-methyl/N-ethyl adjacent to an activating group) is 1. The van der Waals surface area contributed by atoms with E-state index in [-0.39, 0.29) is 11.7 Å². The first-order valence-electron chi connectivity index (χ1n) is 13.4. The Morgan fingerprint density at radius 3 is 2.39 bits per heavy atom. The van der Waals surface area contributed by atoms with Crippen LogP contribution in [0.4, 0.5) is 0 Å². The molecule has 33 heavy (non-hydrogen) atoms. The minimum atomic E-state index is 0.151. The van der Waals surface area contributed by atoms with Gasteiger partial charge >= 0.3 is 5.69 Å². The zero-order valence-electron chi connectivity index (χ0n) is 20.9. The number of hydrogen-bond donors (Lipinski definition) is 1. The predicted molar refractivity (Wildman–Crippen MR) is 138 cm³/mol. The second kappa shape index (κ2) is 11.7. The van der Waals surface area contributed by atoms with Gasteiger partial charge in [0, 0.05) is 38.8 Å². The molecule has 2 atom stereocenters. The molecular formula is C27H45N5O. The normalized spacial score (nSPS) is 23.8. The van der Waals surface area contributed by atoms with E-state index in [1.165, 1.54) is 51.5 Å². The molecule has 6 heteroatoms. The van der Waals surface area contributed by atoms with Gasteiger partial charge < -0.3 is 15.5 Å². The summed E-state index contributed by atoms with van der Waals surface area (Å²) in [6, 6.07) is 8.58. The maximum absolute atomic E-state index is 13.7. The Morgan fingerprint density at radius 2 is 1.70 bits per heavy atom. The molecule has 2 unspecified atom stereocenters. The molecule has 4 rings (SSSR count). The van der Waals surface area contributed by atoms with E-state index < -0.39 is 0 Å². The fraction of sp³-hybridized carbons (Fsp3) is 0.741. The third kappa shape index (κ3) is 5.90. The SMILES string of the molecule is CN(C)CCn1c(=O)n(C2CCN(CC3CCCCCCC3)CC2CCN)c2ccccc21. The smallest absolute Gasteiger partial charge is 0.329 e. The van der Waals surface area contributed by atoms with Crippen LogP contribution in [0, 0.1) is 11.8 Å². The number of aromatic nitrogens is 2. The standard InChI is InChI=1S/C27H45N5O/c1-29(2)18-19-31-25-12-8-9-13-26(25)32(27(31)33)24-15-17-30(21-23(24)14-16-28)20-22-10-6-4-3-5-7-11-22/h8-9,12-13,22-24H,3-7,10-11,14-21,28H2,1-2H3. The third-order valence-electron chi connectivity index (χ3n) is 8.03. The van der Waals surface area contributed by atoms with Gasteiger partial charge in [-0.3, -0.25) is 9.13 Å². The summed E-state index contributed by atoms with van der Waals surface area (Å²) in [6.45, 7) is 5.66. The zero-order chi connectivity index (χ0) is 23.2. The Bertz CT molecular complexity index is 924. The molecule has 2 heterocycles. The number of benzene rings is 1. The third-order valence-corrected chi connectivity index (χ3v) is 8.03. The van der Waals surface area contributed by atoms with Crippen molar-refractivity contribution in [3.8, 4) is 0 Å². The second-order valence-electron chi connectivity index (χ2n) is 10.8. The summed E-state index contributed by atoms with van der Waals surface area (Å²) in [5.74, 6) is 1.28. The van der Waals surface area contributed by atoms with E-state index in [1.807, 2.05) is 10.6 Å². The highest BCUT2D eigenvalue weighted by atomic mass is 16.1. The number of hydrogen-bond acceptors (Lipinski definition) is 4. The van der Waals surface area contributed by atoms with Crippen LogP contribution in [0.5, 0.6) is 0 Å². The first-order valence-corrected chi connectivity index (χ1v) is 13.4. The summed E-state index contributed by atoms with van der Waals surface area (Å²) < 4.78 is 4.11. The van der Waals surface area contributed by atoms with Gasteiger partial charge in [-0.2, -0.15) is 0 Å². The van der Waals surface area contributed by atoms with E-state index in [0.29, 0.717) is 12.5 Å². The maximum atomic E-state index is 13.7. The molecule has 1 saturated heterocycles. The molecule has 0 radical (unpaired) electrons. The fourth-order valence-corrected chi connectivity index (χ4v) is 6.26. The van der Waals surface area contributed by atoms with Crippen LogP contribution in [-0.2, 0) is 6.54 Å². The number of nitrogens with zero attached hydrogens (tertiary/aromatic N) is 4. The largest absolute Gasteiger partial charge is 0.330 e. The van der Waals surface area contributed by atoms with Gasteiger partial charge in [0.15, 0.2) is 0 Å². The van der Waals surface area contributed by atoms with Crippen molar-refractivity contribution in [2.75, 3.05) is 46.8 Å². The molecule has 1 aliphatic carbocycles. The van der Waals surface area contributed by atoms with Crippen molar-refractivity contribution in [1.82, 2.24) is 18.9 Å². The van der Waals surface area contributed by atoms with Gasteiger partial charge in [-0.1, -0.05) is 44.2 Å². The number of fused-ring (bicyclic) bond motifs is 1. The van der Waals surface area contributed by atoms with Gasteiger partial charge in [0.25, 0.3) is 0 Å². The molecule has 2 aromatic rings. The van der Waals surface area contributed by atoms with Crippen molar-refractivity contribution < 1.29 is 0 Å².